The van der Waals surface area contributed by atoms with E-state index in [2.05, 4.69) is 29.9 Å². The Morgan fingerprint density at radius 2 is 2.04 bits per heavy atom. The molecule has 1 heterocycles. The second-order valence-electron chi connectivity index (χ2n) is 6.24. The van der Waals surface area contributed by atoms with Crippen LogP contribution in [0.4, 0.5) is 10.1 Å². The maximum atomic E-state index is 13.3. The van der Waals surface area contributed by atoms with Gasteiger partial charge < -0.3 is 10.7 Å². The number of hydrogen-bond donors (Lipinski definition) is 2. The molecule has 1 atom stereocenters. The fourth-order valence-corrected chi connectivity index (χ4v) is 2.74. The third kappa shape index (κ3) is 3.04. The minimum absolute atomic E-state index is 0.239. The number of aromatic nitrogens is 1. The Morgan fingerprint density at radius 3 is 2.75 bits per heavy atom. The van der Waals surface area contributed by atoms with Crippen molar-refractivity contribution in [2.24, 2.45) is 16.6 Å². The summed E-state index contributed by atoms with van der Waals surface area (Å²) in [5.41, 5.74) is 10.9. The first-order valence-corrected chi connectivity index (χ1v) is 8.21. The van der Waals surface area contributed by atoms with E-state index in [9.17, 15) is 4.39 Å². The lowest BCUT2D eigenvalue weighted by Gasteiger charge is -2.10. The van der Waals surface area contributed by atoms with E-state index in [1.807, 2.05) is 25.3 Å². The normalized spacial score (nSPS) is 13.4. The first kappa shape index (κ1) is 16.2. The van der Waals surface area contributed by atoms with Gasteiger partial charge in [-0.15, -0.1) is 0 Å². The van der Waals surface area contributed by atoms with E-state index >= 15 is 0 Å². The number of rotatable bonds is 4. The van der Waals surface area contributed by atoms with Crippen LogP contribution in [0.2, 0.25) is 0 Å². The Hall–Kier alpha value is -2.62. The predicted octanol–water partition coefficient (Wildman–Crippen LogP) is 5.32. The van der Waals surface area contributed by atoms with E-state index in [0.29, 0.717) is 5.84 Å². The zero-order valence-electron chi connectivity index (χ0n) is 14.2. The Balaban J connectivity index is 2.00. The summed E-state index contributed by atoms with van der Waals surface area (Å²) in [6, 6.07) is 10.9. The molecule has 0 aliphatic carbocycles. The smallest absolute Gasteiger partial charge is 0.125 e. The van der Waals surface area contributed by atoms with Crippen LogP contribution in [0, 0.1) is 18.7 Å². The van der Waals surface area contributed by atoms with Gasteiger partial charge in [0.25, 0.3) is 0 Å². The average Bonchev–Trinajstić information content (AvgIpc) is 2.98. The van der Waals surface area contributed by atoms with E-state index < -0.39 is 0 Å². The van der Waals surface area contributed by atoms with E-state index in [0.717, 1.165) is 39.7 Å². The molecule has 0 fully saturated rings. The lowest BCUT2D eigenvalue weighted by atomic mass is 10.0. The van der Waals surface area contributed by atoms with Crippen LogP contribution in [-0.4, -0.2) is 10.8 Å². The number of nitrogens with two attached hydrogens (primary N) is 1. The van der Waals surface area contributed by atoms with Crippen molar-refractivity contribution in [1.82, 2.24) is 4.98 Å². The molecule has 0 amide bonds. The number of aliphatic imine (C=N–C) groups is 1. The van der Waals surface area contributed by atoms with Crippen molar-refractivity contribution in [3.05, 3.63) is 54.0 Å². The molecular weight excluding hydrogens is 301 g/mol. The monoisotopic (exact) mass is 323 g/mol. The molecule has 24 heavy (non-hydrogen) atoms. The van der Waals surface area contributed by atoms with E-state index in [1.165, 1.54) is 12.1 Å². The topological polar surface area (TPSA) is 54.2 Å². The summed E-state index contributed by atoms with van der Waals surface area (Å²) in [4.78, 5) is 7.69. The minimum Gasteiger partial charge on any atom is -0.387 e. The van der Waals surface area contributed by atoms with Gasteiger partial charge in [-0.1, -0.05) is 19.9 Å². The molecule has 3 N–H and O–H groups in total. The molecule has 0 saturated heterocycles. The van der Waals surface area contributed by atoms with Crippen LogP contribution in [0.3, 0.4) is 0 Å². The lowest BCUT2D eigenvalue weighted by molar-refractivity contribution is 0.629. The van der Waals surface area contributed by atoms with Gasteiger partial charge in [0, 0.05) is 28.6 Å². The van der Waals surface area contributed by atoms with Crippen LogP contribution < -0.4 is 5.73 Å². The second-order valence-corrected chi connectivity index (χ2v) is 6.24. The van der Waals surface area contributed by atoms with Gasteiger partial charge in [0.15, 0.2) is 0 Å². The molecule has 0 saturated carbocycles. The van der Waals surface area contributed by atoms with Gasteiger partial charge in [-0.3, -0.25) is 0 Å². The maximum Gasteiger partial charge on any atom is 0.125 e. The number of benzene rings is 2. The molecule has 0 bridgehead atoms. The summed E-state index contributed by atoms with van der Waals surface area (Å²) in [6.45, 7) is 6.21. The SMILES string of the molecule is CCC(C)C(N)=Nc1ccc(-c2c[nH]c3cc(F)ccc23)cc1C. The van der Waals surface area contributed by atoms with Crippen molar-refractivity contribution >= 4 is 22.4 Å². The molecule has 2 aromatic carbocycles. The number of aryl methyl sites for hydroxylation is 1. The van der Waals surface area contributed by atoms with Crippen LogP contribution >= 0.6 is 0 Å². The molecule has 124 valence electrons. The van der Waals surface area contributed by atoms with E-state index in [-0.39, 0.29) is 11.7 Å². The van der Waals surface area contributed by atoms with Gasteiger partial charge in [0.05, 0.1) is 5.69 Å². The molecule has 0 aliphatic heterocycles. The number of fused-ring (bicyclic) bond motifs is 1. The van der Waals surface area contributed by atoms with E-state index in [4.69, 9.17) is 5.73 Å². The van der Waals surface area contributed by atoms with Crippen LogP contribution in [0.5, 0.6) is 0 Å². The maximum absolute atomic E-state index is 13.3. The van der Waals surface area contributed by atoms with E-state index in [1.54, 1.807) is 6.07 Å². The number of nitrogens with zero attached hydrogens (tertiary/aromatic N) is 1. The van der Waals surface area contributed by atoms with Crippen molar-refractivity contribution in [1.29, 1.82) is 0 Å². The zero-order chi connectivity index (χ0) is 17.3. The van der Waals surface area contributed by atoms with Crippen molar-refractivity contribution in [3.63, 3.8) is 0 Å². The quantitative estimate of drug-likeness (QED) is 0.495. The Labute approximate surface area is 141 Å². The summed E-state index contributed by atoms with van der Waals surface area (Å²) in [6.07, 6.45) is 2.88. The largest absolute Gasteiger partial charge is 0.387 e. The average molecular weight is 323 g/mol. The second kappa shape index (κ2) is 6.48. The summed E-state index contributed by atoms with van der Waals surface area (Å²) >= 11 is 0. The van der Waals surface area contributed by atoms with Gasteiger partial charge in [-0.2, -0.15) is 0 Å². The van der Waals surface area contributed by atoms with Crippen LogP contribution in [-0.2, 0) is 0 Å². The number of H-pyrrole nitrogens is 1. The van der Waals surface area contributed by atoms with Gasteiger partial charge >= 0.3 is 0 Å². The fourth-order valence-electron chi connectivity index (χ4n) is 2.74. The summed E-state index contributed by atoms with van der Waals surface area (Å²) in [7, 11) is 0. The third-order valence-corrected chi connectivity index (χ3v) is 4.52. The number of aromatic amines is 1. The molecule has 3 rings (SSSR count). The highest BCUT2D eigenvalue weighted by Crippen LogP contribution is 2.32. The van der Waals surface area contributed by atoms with Crippen molar-refractivity contribution in [2.45, 2.75) is 27.2 Å². The molecule has 1 unspecified atom stereocenters. The first-order chi connectivity index (χ1) is 11.5. The van der Waals surface area contributed by atoms with Crippen LogP contribution in [0.15, 0.2) is 47.6 Å². The summed E-state index contributed by atoms with van der Waals surface area (Å²) in [5, 5.41) is 1.01. The number of nitrogens with one attached hydrogen (secondary N) is 1. The Morgan fingerprint density at radius 1 is 1.25 bits per heavy atom. The van der Waals surface area contributed by atoms with Crippen molar-refractivity contribution < 1.29 is 4.39 Å². The number of amidine groups is 1. The highest BCUT2D eigenvalue weighted by molar-refractivity contribution is 5.96. The lowest BCUT2D eigenvalue weighted by Crippen LogP contribution is -2.20. The molecule has 0 aliphatic rings. The standard InChI is InChI=1S/C20H22FN3/c1-4-12(2)20(22)24-18-8-5-14(9-13(18)3)17-11-23-19-10-15(21)6-7-16(17)19/h5-12,23H,4H2,1-3H3,(H2,22,24). The van der Waals surface area contributed by atoms with Crippen molar-refractivity contribution in [3.8, 4) is 11.1 Å². The Kier molecular flexibility index (Phi) is 4.38. The first-order valence-electron chi connectivity index (χ1n) is 8.21. The summed E-state index contributed by atoms with van der Waals surface area (Å²) < 4.78 is 13.3. The molecule has 0 radical (unpaired) electrons. The molecule has 4 heteroatoms. The van der Waals surface area contributed by atoms with Gasteiger partial charge in [0.1, 0.15) is 11.7 Å². The molecule has 1 aromatic heterocycles. The highest BCUT2D eigenvalue weighted by atomic mass is 19.1. The van der Waals surface area contributed by atoms with Crippen LogP contribution in [0.25, 0.3) is 22.0 Å². The van der Waals surface area contributed by atoms with Gasteiger partial charge in [-0.05, 0) is 54.8 Å². The molecule has 3 nitrogen and oxygen atoms in total. The molecule has 0 spiro atoms. The summed E-state index contributed by atoms with van der Waals surface area (Å²) in [5.74, 6) is 0.695. The third-order valence-electron chi connectivity index (χ3n) is 4.52. The number of halogens is 1. The predicted molar refractivity (Wildman–Crippen MR) is 99.2 cm³/mol. The molecular formula is C20H22FN3. The molecule has 3 aromatic rings. The van der Waals surface area contributed by atoms with Crippen molar-refractivity contribution in [2.75, 3.05) is 0 Å². The fraction of sp³-hybridized carbons (Fsp3) is 0.250. The van der Waals surface area contributed by atoms with Crippen LogP contribution in [0.1, 0.15) is 25.8 Å². The number of hydrogen-bond acceptors (Lipinski definition) is 1. The Bertz CT molecular complexity index is 908. The van der Waals surface area contributed by atoms with Gasteiger partial charge in [0.2, 0.25) is 0 Å². The minimum atomic E-state index is -0.239. The highest BCUT2D eigenvalue weighted by Gasteiger charge is 2.09. The zero-order valence-corrected chi connectivity index (χ0v) is 14.2. The van der Waals surface area contributed by atoms with Gasteiger partial charge in [-0.25, -0.2) is 9.38 Å².